The smallest absolute Gasteiger partial charge is 0.240 e. The number of hydrogen-bond donors (Lipinski definition) is 1. The van der Waals surface area contributed by atoms with Crippen LogP contribution in [0.5, 0.6) is 0 Å². The third-order valence-corrected chi connectivity index (χ3v) is 3.05. The molecular formula is C14H18N2O. The van der Waals surface area contributed by atoms with Crippen LogP contribution in [0.3, 0.4) is 0 Å². The standard InChI is InChI=1S/C14H18N2O/c1-3-4-11-5-7-12(8-6-11)14-10(2)9-13(17)15-16-14/h5-8,10H,3-4,9H2,1-2H3,(H,15,17). The lowest BCUT2D eigenvalue weighted by Crippen LogP contribution is -2.31. The van der Waals surface area contributed by atoms with Crippen molar-refractivity contribution in [2.24, 2.45) is 11.0 Å². The highest BCUT2D eigenvalue weighted by molar-refractivity contribution is 6.05. The molecule has 1 aromatic rings. The average Bonchev–Trinajstić information content (AvgIpc) is 2.31. The molecule has 17 heavy (non-hydrogen) atoms. The molecule has 0 radical (unpaired) electrons. The van der Waals surface area contributed by atoms with Gasteiger partial charge in [0.25, 0.3) is 0 Å². The first-order chi connectivity index (χ1) is 8.20. The second kappa shape index (κ2) is 5.13. The average molecular weight is 230 g/mol. The summed E-state index contributed by atoms with van der Waals surface area (Å²) >= 11 is 0. The highest BCUT2D eigenvalue weighted by atomic mass is 16.2. The van der Waals surface area contributed by atoms with Gasteiger partial charge in [-0.1, -0.05) is 44.5 Å². The quantitative estimate of drug-likeness (QED) is 0.851. The Morgan fingerprint density at radius 3 is 2.65 bits per heavy atom. The Morgan fingerprint density at radius 2 is 2.06 bits per heavy atom. The Bertz CT molecular complexity index is 434. The van der Waals surface area contributed by atoms with Crippen molar-refractivity contribution in [2.45, 2.75) is 33.1 Å². The van der Waals surface area contributed by atoms with Gasteiger partial charge in [-0.15, -0.1) is 0 Å². The number of aryl methyl sites for hydroxylation is 1. The molecule has 0 spiro atoms. The Kier molecular flexibility index (Phi) is 3.57. The predicted molar refractivity (Wildman–Crippen MR) is 68.9 cm³/mol. The molecular weight excluding hydrogens is 212 g/mol. The van der Waals surface area contributed by atoms with E-state index in [0.717, 1.165) is 24.1 Å². The van der Waals surface area contributed by atoms with Crippen molar-refractivity contribution in [2.75, 3.05) is 0 Å². The van der Waals surface area contributed by atoms with E-state index in [1.165, 1.54) is 5.56 Å². The minimum atomic E-state index is 0.00357. The number of carbonyl (C=O) groups is 1. The van der Waals surface area contributed by atoms with E-state index in [2.05, 4.69) is 41.7 Å². The van der Waals surface area contributed by atoms with Crippen molar-refractivity contribution < 1.29 is 4.79 Å². The molecule has 1 atom stereocenters. The van der Waals surface area contributed by atoms with E-state index in [4.69, 9.17) is 0 Å². The van der Waals surface area contributed by atoms with E-state index in [1.54, 1.807) is 0 Å². The van der Waals surface area contributed by atoms with Crippen LogP contribution in [-0.4, -0.2) is 11.6 Å². The molecule has 0 bridgehead atoms. The summed E-state index contributed by atoms with van der Waals surface area (Å²) in [5.74, 6) is 0.199. The molecule has 3 nitrogen and oxygen atoms in total. The second-order valence-corrected chi connectivity index (χ2v) is 4.58. The molecule has 0 saturated heterocycles. The summed E-state index contributed by atoms with van der Waals surface area (Å²) in [6.45, 7) is 4.22. The zero-order valence-electron chi connectivity index (χ0n) is 10.4. The minimum Gasteiger partial charge on any atom is -0.273 e. The van der Waals surface area contributed by atoms with E-state index in [9.17, 15) is 4.79 Å². The van der Waals surface area contributed by atoms with Gasteiger partial charge >= 0.3 is 0 Å². The van der Waals surface area contributed by atoms with Crippen LogP contribution in [0, 0.1) is 5.92 Å². The molecule has 1 aliphatic heterocycles. The molecule has 0 fully saturated rings. The molecule has 1 N–H and O–H groups in total. The predicted octanol–water partition coefficient (Wildman–Crippen LogP) is 2.50. The van der Waals surface area contributed by atoms with E-state index < -0.39 is 0 Å². The number of hydrazone groups is 1. The lowest BCUT2D eigenvalue weighted by Gasteiger charge is -2.19. The van der Waals surface area contributed by atoms with Crippen LogP contribution in [-0.2, 0) is 11.2 Å². The third kappa shape index (κ3) is 2.73. The number of hydrogen-bond acceptors (Lipinski definition) is 2. The van der Waals surface area contributed by atoms with Crippen molar-refractivity contribution >= 4 is 11.6 Å². The molecule has 0 aliphatic carbocycles. The maximum Gasteiger partial charge on any atom is 0.240 e. The summed E-state index contributed by atoms with van der Waals surface area (Å²) in [6, 6.07) is 8.48. The third-order valence-electron chi connectivity index (χ3n) is 3.05. The van der Waals surface area contributed by atoms with Crippen LogP contribution in [0.2, 0.25) is 0 Å². The normalized spacial score (nSPS) is 19.8. The number of nitrogens with one attached hydrogen (secondary N) is 1. The van der Waals surface area contributed by atoms with E-state index in [-0.39, 0.29) is 11.8 Å². The first-order valence-electron chi connectivity index (χ1n) is 6.16. The van der Waals surface area contributed by atoms with Gasteiger partial charge in [0.15, 0.2) is 0 Å². The Balaban J connectivity index is 2.19. The number of nitrogens with zero attached hydrogens (tertiary/aromatic N) is 1. The van der Waals surface area contributed by atoms with Crippen molar-refractivity contribution in [3.05, 3.63) is 35.4 Å². The largest absolute Gasteiger partial charge is 0.273 e. The Morgan fingerprint density at radius 1 is 1.35 bits per heavy atom. The molecule has 1 heterocycles. The first kappa shape index (κ1) is 11.8. The maximum absolute atomic E-state index is 11.2. The summed E-state index contributed by atoms with van der Waals surface area (Å²) in [5, 5.41) is 4.15. The fraction of sp³-hybridized carbons (Fsp3) is 0.429. The number of amides is 1. The monoisotopic (exact) mass is 230 g/mol. The van der Waals surface area contributed by atoms with Gasteiger partial charge in [0.2, 0.25) is 5.91 Å². The molecule has 90 valence electrons. The number of rotatable bonds is 3. The van der Waals surface area contributed by atoms with Gasteiger partial charge < -0.3 is 0 Å². The summed E-state index contributed by atoms with van der Waals surface area (Å²) in [6.07, 6.45) is 2.79. The van der Waals surface area contributed by atoms with Gasteiger partial charge in [-0.25, -0.2) is 5.43 Å². The van der Waals surface area contributed by atoms with Crippen LogP contribution in [0.25, 0.3) is 0 Å². The molecule has 0 aromatic heterocycles. The highest BCUT2D eigenvalue weighted by Crippen LogP contribution is 2.17. The minimum absolute atomic E-state index is 0.00357. The van der Waals surface area contributed by atoms with Crippen molar-refractivity contribution in [1.29, 1.82) is 0 Å². The SMILES string of the molecule is CCCc1ccc(C2=NNC(=O)CC2C)cc1. The summed E-state index contributed by atoms with van der Waals surface area (Å²) in [7, 11) is 0. The highest BCUT2D eigenvalue weighted by Gasteiger charge is 2.21. The van der Waals surface area contributed by atoms with Crippen LogP contribution in [0.15, 0.2) is 29.4 Å². The molecule has 2 rings (SSSR count). The van der Waals surface area contributed by atoms with Crippen LogP contribution in [0.1, 0.15) is 37.8 Å². The zero-order valence-corrected chi connectivity index (χ0v) is 10.4. The lowest BCUT2D eigenvalue weighted by atomic mass is 9.93. The lowest BCUT2D eigenvalue weighted by molar-refractivity contribution is -0.121. The summed E-state index contributed by atoms with van der Waals surface area (Å²) < 4.78 is 0. The van der Waals surface area contributed by atoms with Crippen LogP contribution in [0.4, 0.5) is 0 Å². The summed E-state index contributed by atoms with van der Waals surface area (Å²) in [4.78, 5) is 11.2. The Hall–Kier alpha value is -1.64. The molecule has 0 saturated carbocycles. The van der Waals surface area contributed by atoms with Gasteiger partial charge in [-0.2, -0.15) is 5.10 Å². The first-order valence-corrected chi connectivity index (χ1v) is 6.16. The maximum atomic E-state index is 11.2. The number of carbonyl (C=O) groups excluding carboxylic acids is 1. The van der Waals surface area contributed by atoms with Crippen molar-refractivity contribution in [3.8, 4) is 0 Å². The van der Waals surface area contributed by atoms with E-state index >= 15 is 0 Å². The van der Waals surface area contributed by atoms with Crippen LogP contribution >= 0.6 is 0 Å². The van der Waals surface area contributed by atoms with E-state index in [1.807, 2.05) is 6.92 Å². The van der Waals surface area contributed by atoms with E-state index in [0.29, 0.717) is 6.42 Å². The van der Waals surface area contributed by atoms with Gasteiger partial charge in [0.05, 0.1) is 5.71 Å². The molecule has 1 aromatic carbocycles. The van der Waals surface area contributed by atoms with Crippen molar-refractivity contribution in [1.82, 2.24) is 5.43 Å². The molecule has 3 heteroatoms. The fourth-order valence-electron chi connectivity index (χ4n) is 2.13. The second-order valence-electron chi connectivity index (χ2n) is 4.58. The topological polar surface area (TPSA) is 41.5 Å². The summed E-state index contributed by atoms with van der Waals surface area (Å²) in [5.41, 5.74) is 5.99. The Labute approximate surface area is 102 Å². The molecule has 1 unspecified atom stereocenters. The van der Waals surface area contributed by atoms with Crippen LogP contribution < -0.4 is 5.43 Å². The van der Waals surface area contributed by atoms with Gasteiger partial charge in [0, 0.05) is 12.3 Å². The van der Waals surface area contributed by atoms with Crippen molar-refractivity contribution in [3.63, 3.8) is 0 Å². The molecule has 1 amide bonds. The zero-order chi connectivity index (χ0) is 12.3. The fourth-order valence-corrected chi connectivity index (χ4v) is 2.13. The number of benzene rings is 1. The van der Waals surface area contributed by atoms with Gasteiger partial charge in [-0.3, -0.25) is 4.79 Å². The van der Waals surface area contributed by atoms with Gasteiger partial charge in [-0.05, 0) is 17.5 Å². The van der Waals surface area contributed by atoms with Gasteiger partial charge in [0.1, 0.15) is 0 Å². The molecule has 1 aliphatic rings.